The van der Waals surface area contributed by atoms with Gasteiger partial charge in [0, 0.05) is 48.8 Å². The van der Waals surface area contributed by atoms with Gasteiger partial charge in [-0.2, -0.15) is 0 Å². The van der Waals surface area contributed by atoms with Crippen molar-refractivity contribution in [2.24, 2.45) is 0 Å². The summed E-state index contributed by atoms with van der Waals surface area (Å²) in [6.07, 6.45) is 5.16. The molecule has 0 atom stereocenters. The van der Waals surface area contributed by atoms with E-state index in [1.165, 1.54) is 0 Å². The monoisotopic (exact) mass is 286 g/mol. The van der Waals surface area contributed by atoms with Crippen molar-refractivity contribution in [2.45, 2.75) is 0 Å². The molecule has 0 aliphatic rings. The molecule has 1 heterocycles. The minimum atomic E-state index is -0.0402. The van der Waals surface area contributed by atoms with E-state index >= 15 is 0 Å². The summed E-state index contributed by atoms with van der Waals surface area (Å²) in [5, 5.41) is 0.614. The Morgan fingerprint density at radius 1 is 1.05 bits per heavy atom. The number of allylic oxidation sites excluding steroid dienone is 1. The van der Waals surface area contributed by atoms with Crippen LogP contribution in [-0.2, 0) is 0 Å². The summed E-state index contributed by atoms with van der Waals surface area (Å²) in [7, 11) is 3.77. The Kier molecular flexibility index (Phi) is 4.53. The van der Waals surface area contributed by atoms with Crippen LogP contribution in [0.2, 0.25) is 5.02 Å². The van der Waals surface area contributed by atoms with Crippen LogP contribution in [0.25, 0.3) is 5.57 Å². The number of hydrogen-bond donors (Lipinski definition) is 0. The van der Waals surface area contributed by atoms with Crippen molar-refractivity contribution in [1.82, 2.24) is 9.88 Å². The van der Waals surface area contributed by atoms with E-state index in [4.69, 9.17) is 11.6 Å². The summed E-state index contributed by atoms with van der Waals surface area (Å²) in [5.41, 5.74) is 2.08. The van der Waals surface area contributed by atoms with Gasteiger partial charge in [-0.1, -0.05) is 11.6 Å². The highest BCUT2D eigenvalue weighted by Gasteiger charge is 2.14. The van der Waals surface area contributed by atoms with Gasteiger partial charge in [0.25, 0.3) is 0 Å². The molecule has 0 saturated heterocycles. The number of nitrogens with zero attached hydrogens (tertiary/aromatic N) is 2. The molecule has 0 fully saturated rings. The molecule has 0 aliphatic heterocycles. The zero-order valence-electron chi connectivity index (χ0n) is 11.4. The summed E-state index contributed by atoms with van der Waals surface area (Å²) in [6.45, 7) is 0. The molecule has 0 spiro atoms. The zero-order valence-corrected chi connectivity index (χ0v) is 12.1. The van der Waals surface area contributed by atoms with E-state index in [2.05, 4.69) is 4.98 Å². The third-order valence-corrected chi connectivity index (χ3v) is 2.98. The summed E-state index contributed by atoms with van der Waals surface area (Å²) < 4.78 is 0. The van der Waals surface area contributed by atoms with Gasteiger partial charge in [0.2, 0.25) is 0 Å². The van der Waals surface area contributed by atoms with Gasteiger partial charge >= 0.3 is 0 Å². The average molecular weight is 287 g/mol. The second kappa shape index (κ2) is 6.35. The SMILES string of the molecule is CN(C)C=C(C(=O)c1ccc(Cl)cc1)c1ccncc1. The highest BCUT2D eigenvalue weighted by Crippen LogP contribution is 2.21. The fourth-order valence-electron chi connectivity index (χ4n) is 1.81. The Labute approximate surface area is 123 Å². The third kappa shape index (κ3) is 3.45. The van der Waals surface area contributed by atoms with Crippen LogP contribution in [0, 0.1) is 0 Å². The second-order valence-corrected chi connectivity index (χ2v) is 5.01. The minimum absolute atomic E-state index is 0.0402. The van der Waals surface area contributed by atoms with Crippen LogP contribution in [0.5, 0.6) is 0 Å². The fraction of sp³-hybridized carbons (Fsp3) is 0.125. The molecule has 3 nitrogen and oxygen atoms in total. The number of carbonyl (C=O) groups is 1. The van der Waals surface area contributed by atoms with Gasteiger partial charge in [0.05, 0.1) is 0 Å². The number of carbonyl (C=O) groups excluding carboxylic acids is 1. The van der Waals surface area contributed by atoms with Crippen molar-refractivity contribution in [3.63, 3.8) is 0 Å². The maximum atomic E-state index is 12.6. The van der Waals surface area contributed by atoms with Crippen LogP contribution in [0.3, 0.4) is 0 Å². The minimum Gasteiger partial charge on any atom is -0.383 e. The summed E-state index contributed by atoms with van der Waals surface area (Å²) in [5.74, 6) is -0.0402. The predicted molar refractivity (Wildman–Crippen MR) is 81.7 cm³/mol. The van der Waals surface area contributed by atoms with Crippen molar-refractivity contribution < 1.29 is 4.79 Å². The van der Waals surface area contributed by atoms with Crippen LogP contribution < -0.4 is 0 Å². The van der Waals surface area contributed by atoms with E-state index in [9.17, 15) is 4.79 Å². The number of hydrogen-bond acceptors (Lipinski definition) is 3. The number of ketones is 1. The molecule has 0 saturated carbocycles. The van der Waals surface area contributed by atoms with Crippen molar-refractivity contribution in [3.05, 3.63) is 71.1 Å². The maximum Gasteiger partial charge on any atom is 0.195 e. The Balaban J connectivity index is 2.42. The molecule has 0 N–H and O–H groups in total. The summed E-state index contributed by atoms with van der Waals surface area (Å²) >= 11 is 5.85. The number of rotatable bonds is 4. The van der Waals surface area contributed by atoms with E-state index in [1.54, 1.807) is 36.7 Å². The van der Waals surface area contributed by atoms with Crippen LogP contribution in [0.1, 0.15) is 15.9 Å². The lowest BCUT2D eigenvalue weighted by atomic mass is 9.98. The van der Waals surface area contributed by atoms with Crippen molar-refractivity contribution >= 4 is 23.0 Å². The molecule has 0 amide bonds. The fourth-order valence-corrected chi connectivity index (χ4v) is 1.94. The van der Waals surface area contributed by atoms with Gasteiger partial charge in [-0.05, 0) is 42.0 Å². The molecular formula is C16H15ClN2O. The highest BCUT2D eigenvalue weighted by atomic mass is 35.5. The topological polar surface area (TPSA) is 33.2 Å². The lowest BCUT2D eigenvalue weighted by molar-refractivity contribution is 0.105. The Morgan fingerprint density at radius 3 is 2.20 bits per heavy atom. The molecule has 20 heavy (non-hydrogen) atoms. The van der Waals surface area contributed by atoms with E-state index in [0.29, 0.717) is 16.2 Å². The van der Waals surface area contributed by atoms with Crippen molar-refractivity contribution in [3.8, 4) is 0 Å². The van der Waals surface area contributed by atoms with Gasteiger partial charge in [-0.15, -0.1) is 0 Å². The van der Waals surface area contributed by atoms with Crippen LogP contribution >= 0.6 is 11.6 Å². The molecule has 0 unspecified atom stereocenters. The number of aromatic nitrogens is 1. The third-order valence-electron chi connectivity index (χ3n) is 2.73. The molecule has 0 bridgehead atoms. The summed E-state index contributed by atoms with van der Waals surface area (Å²) in [4.78, 5) is 18.5. The molecule has 2 aromatic rings. The van der Waals surface area contributed by atoms with E-state index in [1.807, 2.05) is 37.3 Å². The molecular weight excluding hydrogens is 272 g/mol. The maximum absolute atomic E-state index is 12.6. The summed E-state index contributed by atoms with van der Waals surface area (Å²) in [6, 6.07) is 10.5. The van der Waals surface area contributed by atoms with Gasteiger partial charge in [0.1, 0.15) is 0 Å². The Hall–Kier alpha value is -2.13. The van der Waals surface area contributed by atoms with Crippen LogP contribution in [0.15, 0.2) is 55.0 Å². The first kappa shape index (κ1) is 14.3. The molecule has 0 radical (unpaired) electrons. The predicted octanol–water partition coefficient (Wildman–Crippen LogP) is 3.52. The number of benzene rings is 1. The second-order valence-electron chi connectivity index (χ2n) is 4.58. The Bertz CT molecular complexity index is 619. The van der Waals surface area contributed by atoms with Crippen molar-refractivity contribution in [2.75, 3.05) is 14.1 Å². The average Bonchev–Trinajstić information content (AvgIpc) is 2.45. The van der Waals surface area contributed by atoms with Gasteiger partial charge in [0.15, 0.2) is 5.78 Å². The largest absolute Gasteiger partial charge is 0.383 e. The smallest absolute Gasteiger partial charge is 0.195 e. The molecule has 2 rings (SSSR count). The lowest BCUT2D eigenvalue weighted by Gasteiger charge is -2.11. The van der Waals surface area contributed by atoms with Crippen molar-refractivity contribution in [1.29, 1.82) is 0 Å². The van der Waals surface area contributed by atoms with E-state index in [0.717, 1.165) is 5.56 Å². The Morgan fingerprint density at radius 2 is 1.65 bits per heavy atom. The van der Waals surface area contributed by atoms with Crippen LogP contribution in [-0.4, -0.2) is 29.8 Å². The lowest BCUT2D eigenvalue weighted by Crippen LogP contribution is -2.09. The van der Waals surface area contributed by atoms with E-state index in [-0.39, 0.29) is 5.78 Å². The first-order chi connectivity index (χ1) is 9.58. The quantitative estimate of drug-likeness (QED) is 0.637. The normalized spacial score (nSPS) is 11.2. The first-order valence-electron chi connectivity index (χ1n) is 6.17. The highest BCUT2D eigenvalue weighted by molar-refractivity contribution is 6.31. The van der Waals surface area contributed by atoms with Gasteiger partial charge in [-0.3, -0.25) is 9.78 Å². The molecule has 0 aliphatic carbocycles. The first-order valence-corrected chi connectivity index (χ1v) is 6.54. The van der Waals surface area contributed by atoms with Gasteiger partial charge in [-0.25, -0.2) is 0 Å². The molecule has 1 aromatic heterocycles. The van der Waals surface area contributed by atoms with Gasteiger partial charge < -0.3 is 4.90 Å². The molecule has 4 heteroatoms. The zero-order chi connectivity index (χ0) is 14.5. The van der Waals surface area contributed by atoms with E-state index < -0.39 is 0 Å². The molecule has 102 valence electrons. The molecule has 1 aromatic carbocycles. The standard InChI is InChI=1S/C16H15ClN2O/c1-19(2)11-15(12-7-9-18-10-8-12)16(20)13-3-5-14(17)6-4-13/h3-11H,1-2H3. The number of pyridine rings is 1. The number of Topliss-reactive ketones (excluding diaryl/α,β-unsaturated/α-hetero) is 1. The van der Waals surface area contributed by atoms with Crippen LogP contribution in [0.4, 0.5) is 0 Å². The number of halogens is 1.